The number of rotatable bonds is 16. The largest absolute Gasteiger partial charge is 0.508 e. The average molecular weight is 519 g/mol. The molecule has 3 aromatic carbocycles. The molecule has 0 aromatic heterocycles. The third-order valence-corrected chi connectivity index (χ3v) is 6.19. The number of ether oxygens (including phenoxy) is 3. The van der Waals surface area contributed by atoms with Gasteiger partial charge in [0, 0.05) is 6.07 Å². The maximum absolute atomic E-state index is 12.5. The fourth-order valence-electron chi connectivity index (χ4n) is 4.00. The molecule has 0 spiro atoms. The summed E-state index contributed by atoms with van der Waals surface area (Å²) in [5, 5.41) is 9.48. The first-order valence-electron chi connectivity index (χ1n) is 13.6. The molecule has 0 aliphatic carbocycles. The summed E-state index contributed by atoms with van der Waals surface area (Å²) in [5.74, 6) is 0.202. The molecular weight excluding hydrogens is 480 g/mol. The molecule has 0 bridgehead atoms. The summed E-state index contributed by atoms with van der Waals surface area (Å²) >= 11 is 0. The van der Waals surface area contributed by atoms with E-state index in [-0.39, 0.29) is 17.1 Å². The fraction of sp³-hybridized carbons (Fsp3) is 0.375. The van der Waals surface area contributed by atoms with Gasteiger partial charge in [0.15, 0.2) is 0 Å². The topological polar surface area (TPSA) is 82.1 Å². The second-order valence-electron chi connectivity index (χ2n) is 9.36. The third-order valence-electron chi connectivity index (χ3n) is 6.19. The number of aromatic hydroxyl groups is 1. The molecule has 0 fully saturated rings. The van der Waals surface area contributed by atoms with E-state index >= 15 is 0 Å². The predicted octanol–water partition coefficient (Wildman–Crippen LogP) is 8.13. The lowest BCUT2D eigenvalue weighted by Crippen LogP contribution is -2.10. The molecule has 6 nitrogen and oxygen atoms in total. The lowest BCUT2D eigenvalue weighted by atomic mass is 10.1. The highest BCUT2D eigenvalue weighted by Gasteiger charge is 2.12. The van der Waals surface area contributed by atoms with Crippen molar-refractivity contribution < 1.29 is 28.9 Å². The van der Waals surface area contributed by atoms with Crippen LogP contribution in [0.2, 0.25) is 0 Å². The molecule has 0 heterocycles. The van der Waals surface area contributed by atoms with Crippen LogP contribution in [0, 0.1) is 0 Å². The molecule has 38 heavy (non-hydrogen) atoms. The van der Waals surface area contributed by atoms with Gasteiger partial charge in [0.2, 0.25) is 0 Å². The Morgan fingerprint density at radius 3 is 1.66 bits per heavy atom. The molecule has 6 heteroatoms. The number of unbranched alkanes of at least 4 members (excludes halogenated alkanes) is 9. The summed E-state index contributed by atoms with van der Waals surface area (Å²) in [7, 11) is 0. The van der Waals surface area contributed by atoms with Crippen LogP contribution in [-0.4, -0.2) is 23.7 Å². The number of carbonyl (C=O) groups excluding carboxylic acids is 2. The van der Waals surface area contributed by atoms with Crippen molar-refractivity contribution in [3.8, 4) is 23.0 Å². The lowest BCUT2D eigenvalue weighted by Gasteiger charge is -2.08. The molecule has 0 saturated carbocycles. The summed E-state index contributed by atoms with van der Waals surface area (Å²) in [6.07, 6.45) is 12.8. The minimum absolute atomic E-state index is 0.00578. The summed E-state index contributed by atoms with van der Waals surface area (Å²) in [4.78, 5) is 24.8. The number of phenols is 1. The maximum atomic E-state index is 12.5. The zero-order valence-corrected chi connectivity index (χ0v) is 22.2. The number of hydrogen-bond acceptors (Lipinski definition) is 6. The summed E-state index contributed by atoms with van der Waals surface area (Å²) < 4.78 is 16.5. The van der Waals surface area contributed by atoms with Crippen molar-refractivity contribution in [3.05, 3.63) is 83.9 Å². The van der Waals surface area contributed by atoms with Crippen LogP contribution in [0.3, 0.4) is 0 Å². The quantitative estimate of drug-likeness (QED) is 0.117. The Kier molecular flexibility index (Phi) is 12.2. The minimum atomic E-state index is -0.582. The van der Waals surface area contributed by atoms with Gasteiger partial charge in [-0.15, -0.1) is 0 Å². The molecule has 1 N–H and O–H groups in total. The maximum Gasteiger partial charge on any atom is 0.343 e. The highest BCUT2D eigenvalue weighted by molar-refractivity contribution is 5.92. The molecule has 0 saturated heterocycles. The van der Waals surface area contributed by atoms with E-state index in [0.29, 0.717) is 17.9 Å². The average Bonchev–Trinajstić information content (AvgIpc) is 2.92. The van der Waals surface area contributed by atoms with Gasteiger partial charge in [-0.1, -0.05) is 70.8 Å². The van der Waals surface area contributed by atoms with E-state index in [0.717, 1.165) is 12.2 Å². The number of hydrogen-bond donors (Lipinski definition) is 1. The number of phenolic OH excluding ortho intramolecular Hbond substituents is 1. The number of carbonyl (C=O) groups is 2. The molecule has 0 unspecified atom stereocenters. The van der Waals surface area contributed by atoms with Crippen molar-refractivity contribution in [2.75, 3.05) is 6.61 Å². The number of esters is 2. The molecule has 0 amide bonds. The highest BCUT2D eigenvalue weighted by Crippen LogP contribution is 2.21. The van der Waals surface area contributed by atoms with Gasteiger partial charge in [0.05, 0.1) is 17.7 Å². The first-order chi connectivity index (χ1) is 18.5. The van der Waals surface area contributed by atoms with Gasteiger partial charge >= 0.3 is 11.9 Å². The van der Waals surface area contributed by atoms with E-state index in [2.05, 4.69) is 6.92 Å². The van der Waals surface area contributed by atoms with Gasteiger partial charge < -0.3 is 19.3 Å². The zero-order chi connectivity index (χ0) is 27.0. The van der Waals surface area contributed by atoms with Crippen LogP contribution >= 0.6 is 0 Å². The van der Waals surface area contributed by atoms with Crippen LogP contribution < -0.4 is 14.2 Å². The van der Waals surface area contributed by atoms with Crippen molar-refractivity contribution in [1.82, 2.24) is 0 Å². The van der Waals surface area contributed by atoms with Crippen LogP contribution in [0.25, 0.3) is 0 Å². The second-order valence-corrected chi connectivity index (χ2v) is 9.36. The molecule has 3 aromatic rings. The molecule has 202 valence electrons. The van der Waals surface area contributed by atoms with Gasteiger partial charge in [-0.05, 0) is 67.1 Å². The Morgan fingerprint density at radius 2 is 1.11 bits per heavy atom. The zero-order valence-electron chi connectivity index (χ0n) is 22.2. The van der Waals surface area contributed by atoms with Crippen LogP contribution in [-0.2, 0) is 0 Å². The molecule has 0 atom stereocenters. The van der Waals surface area contributed by atoms with Gasteiger partial charge in [-0.25, -0.2) is 9.59 Å². The highest BCUT2D eigenvalue weighted by atomic mass is 16.5. The van der Waals surface area contributed by atoms with E-state index in [1.807, 2.05) is 0 Å². The van der Waals surface area contributed by atoms with Gasteiger partial charge in [-0.3, -0.25) is 0 Å². The smallest absolute Gasteiger partial charge is 0.343 e. The Morgan fingerprint density at radius 1 is 0.605 bits per heavy atom. The Balaban J connectivity index is 1.34. The van der Waals surface area contributed by atoms with Gasteiger partial charge in [-0.2, -0.15) is 0 Å². The number of benzene rings is 3. The Hall–Kier alpha value is -3.80. The lowest BCUT2D eigenvalue weighted by molar-refractivity contribution is 0.0730. The predicted molar refractivity (Wildman–Crippen MR) is 148 cm³/mol. The third kappa shape index (κ3) is 10.3. The minimum Gasteiger partial charge on any atom is -0.508 e. The molecule has 3 rings (SSSR count). The monoisotopic (exact) mass is 518 g/mol. The van der Waals surface area contributed by atoms with Gasteiger partial charge in [0.1, 0.15) is 23.0 Å². The summed E-state index contributed by atoms with van der Waals surface area (Å²) in [5.41, 5.74) is 0.695. The van der Waals surface area contributed by atoms with E-state index in [1.165, 1.54) is 94.2 Å². The molecule has 0 radical (unpaired) electrons. The first kappa shape index (κ1) is 28.8. The Bertz CT molecular complexity index is 1120. The van der Waals surface area contributed by atoms with Crippen molar-refractivity contribution >= 4 is 11.9 Å². The fourth-order valence-corrected chi connectivity index (χ4v) is 4.00. The van der Waals surface area contributed by atoms with E-state index in [9.17, 15) is 14.7 Å². The van der Waals surface area contributed by atoms with Crippen molar-refractivity contribution in [3.63, 3.8) is 0 Å². The SMILES string of the molecule is CCCCCCCCCCCCOc1ccc(C(=O)Oc2ccc(C(=O)Oc3cccc(O)c3)cc2)cc1. The second kappa shape index (κ2) is 16.1. The van der Waals surface area contributed by atoms with E-state index < -0.39 is 11.9 Å². The molecule has 0 aliphatic rings. The van der Waals surface area contributed by atoms with Crippen LogP contribution in [0.4, 0.5) is 0 Å². The normalized spacial score (nSPS) is 10.7. The first-order valence-corrected chi connectivity index (χ1v) is 13.6. The van der Waals surface area contributed by atoms with E-state index in [1.54, 1.807) is 36.4 Å². The van der Waals surface area contributed by atoms with E-state index in [4.69, 9.17) is 14.2 Å². The van der Waals surface area contributed by atoms with Crippen LogP contribution in [0.15, 0.2) is 72.8 Å². The van der Waals surface area contributed by atoms with Crippen molar-refractivity contribution in [2.24, 2.45) is 0 Å². The standard InChI is InChI=1S/C32H38O6/c1-2-3-4-5-6-7-8-9-10-11-23-36-28-19-15-25(16-20-28)31(34)37-29-21-17-26(18-22-29)32(35)38-30-14-12-13-27(33)24-30/h12-22,24,33H,2-11,23H2,1H3. The Labute approximate surface area is 225 Å². The summed E-state index contributed by atoms with van der Waals surface area (Å²) in [6.45, 7) is 2.91. The van der Waals surface area contributed by atoms with Crippen LogP contribution in [0.5, 0.6) is 23.0 Å². The molecule has 0 aliphatic heterocycles. The molecular formula is C32H38O6. The van der Waals surface area contributed by atoms with Crippen molar-refractivity contribution in [2.45, 2.75) is 71.1 Å². The van der Waals surface area contributed by atoms with Crippen molar-refractivity contribution in [1.29, 1.82) is 0 Å². The van der Waals surface area contributed by atoms with Gasteiger partial charge in [0.25, 0.3) is 0 Å². The summed E-state index contributed by atoms with van der Waals surface area (Å²) in [6, 6.07) is 19.0. The van der Waals surface area contributed by atoms with Crippen LogP contribution in [0.1, 0.15) is 91.8 Å².